The number of nitrogens with zero attached hydrogens (tertiary/aromatic N) is 7. The first-order chi connectivity index (χ1) is 20.8. The van der Waals surface area contributed by atoms with E-state index in [1.54, 1.807) is 0 Å². The maximum Gasteiger partial charge on any atom is 0.332 e. The van der Waals surface area contributed by atoms with Crippen LogP contribution in [-0.4, -0.2) is 34.9 Å². The summed E-state index contributed by atoms with van der Waals surface area (Å²) < 4.78 is 1.53. The molecule has 2 N–H and O–H groups in total. The summed E-state index contributed by atoms with van der Waals surface area (Å²) in [6, 6.07) is 31.6. The number of hydrogen-bond acceptors (Lipinski definition) is 6. The first-order valence-corrected chi connectivity index (χ1v) is 13.4. The monoisotopic (exact) mass is 540 g/mol. The van der Waals surface area contributed by atoms with Crippen molar-refractivity contribution >= 4 is 22.1 Å². The second-order valence-electron chi connectivity index (χ2n) is 10.1. The number of benzene rings is 4. The van der Waals surface area contributed by atoms with Crippen molar-refractivity contribution in [2.45, 2.75) is 0 Å². The average molecular weight is 541 g/mol. The van der Waals surface area contributed by atoms with E-state index < -0.39 is 0 Å². The minimum atomic E-state index is 0.501. The molecule has 0 saturated carbocycles. The summed E-state index contributed by atoms with van der Waals surface area (Å²) in [6.07, 6.45) is 2.36. The molecule has 0 radical (unpaired) electrons. The summed E-state index contributed by atoms with van der Waals surface area (Å²) in [7, 11) is 0. The van der Waals surface area contributed by atoms with Crippen LogP contribution in [0.2, 0.25) is 0 Å². The predicted octanol–water partition coefficient (Wildman–Crippen LogP) is 5.99. The zero-order valence-electron chi connectivity index (χ0n) is 21.9. The smallest absolute Gasteiger partial charge is 0.313 e. The van der Waals surface area contributed by atoms with Crippen molar-refractivity contribution < 1.29 is 4.57 Å². The molecule has 0 aliphatic carbocycles. The van der Waals surface area contributed by atoms with Crippen molar-refractivity contribution in [1.82, 2.24) is 34.9 Å². The van der Waals surface area contributed by atoms with Crippen molar-refractivity contribution in [3.8, 4) is 74.5 Å². The summed E-state index contributed by atoms with van der Waals surface area (Å²) >= 11 is 0. The lowest BCUT2D eigenvalue weighted by molar-refractivity contribution is -0.549. The molecule has 3 aliphatic heterocycles. The lowest BCUT2D eigenvalue weighted by atomic mass is 10.1. The van der Waals surface area contributed by atoms with Crippen LogP contribution < -0.4 is 4.57 Å². The third-order valence-electron chi connectivity index (χ3n) is 7.78. The van der Waals surface area contributed by atoms with E-state index in [9.17, 15) is 5.26 Å². The molecule has 4 aromatic carbocycles. The third kappa shape index (κ3) is 3.11. The van der Waals surface area contributed by atoms with Crippen LogP contribution in [0.4, 0.5) is 0 Å². The van der Waals surface area contributed by atoms with Gasteiger partial charge in [-0.3, -0.25) is 4.98 Å². The fraction of sp³-hybridized carbons (Fsp3) is 0. The molecule has 194 valence electrons. The lowest BCUT2D eigenvalue weighted by Crippen LogP contribution is -2.31. The number of aromatic amines is 2. The summed E-state index contributed by atoms with van der Waals surface area (Å²) in [5.41, 5.74) is 6.43. The van der Waals surface area contributed by atoms with Gasteiger partial charge >= 0.3 is 6.19 Å². The van der Waals surface area contributed by atoms with Crippen LogP contribution in [0, 0.1) is 11.5 Å². The van der Waals surface area contributed by atoms with Gasteiger partial charge in [-0.1, -0.05) is 72.8 Å². The second-order valence-corrected chi connectivity index (χ2v) is 10.1. The Bertz CT molecular complexity index is 2390. The fourth-order valence-corrected chi connectivity index (χ4v) is 5.86. The number of rotatable bonds is 0. The number of nitrogens with one attached hydrogen (secondary N) is 2. The molecule has 0 unspecified atom stereocenters. The van der Waals surface area contributed by atoms with Gasteiger partial charge in [-0.25, -0.2) is 15.0 Å². The van der Waals surface area contributed by atoms with Crippen LogP contribution in [0.1, 0.15) is 0 Å². The molecule has 9 nitrogen and oxygen atoms in total. The SMILES string of the molecule is N#C[n+]1c2nc([nH]c3nc(nc4nc(nc5[nH]c1c1ccccc51)-c1ccccc1-4)-c1ccccc1-3)-c1ccccc1-2. The van der Waals surface area contributed by atoms with E-state index in [0.717, 1.165) is 44.2 Å². The molecular weight excluding hydrogens is 522 g/mol. The highest BCUT2D eigenvalue weighted by atomic mass is 15.1. The van der Waals surface area contributed by atoms with Crippen LogP contribution in [0.25, 0.3) is 90.4 Å². The highest BCUT2D eigenvalue weighted by Crippen LogP contribution is 2.38. The van der Waals surface area contributed by atoms with Gasteiger partial charge in [0.15, 0.2) is 28.9 Å². The van der Waals surface area contributed by atoms with Gasteiger partial charge < -0.3 is 4.98 Å². The first kappa shape index (κ1) is 22.5. The van der Waals surface area contributed by atoms with Crippen molar-refractivity contribution in [2.75, 3.05) is 0 Å². The average Bonchev–Trinajstić information content (AvgIpc) is 3.77. The van der Waals surface area contributed by atoms with Gasteiger partial charge in [0.2, 0.25) is 5.65 Å². The predicted molar refractivity (Wildman–Crippen MR) is 158 cm³/mol. The maximum absolute atomic E-state index is 10.5. The first-order valence-electron chi connectivity index (χ1n) is 13.4. The van der Waals surface area contributed by atoms with Crippen molar-refractivity contribution in [1.29, 1.82) is 5.26 Å². The molecule has 2 aromatic heterocycles. The molecule has 0 fully saturated rings. The molecular formula is C33H18N9+. The molecule has 8 bridgehead atoms. The van der Waals surface area contributed by atoms with Crippen LogP contribution in [0.15, 0.2) is 97.1 Å². The molecule has 9 heteroatoms. The Labute approximate surface area is 238 Å². The van der Waals surface area contributed by atoms with E-state index >= 15 is 0 Å². The van der Waals surface area contributed by atoms with Crippen LogP contribution >= 0.6 is 0 Å². The van der Waals surface area contributed by atoms with E-state index in [1.807, 2.05) is 97.1 Å². The molecule has 42 heavy (non-hydrogen) atoms. The van der Waals surface area contributed by atoms with Crippen LogP contribution in [0.5, 0.6) is 0 Å². The molecule has 0 spiro atoms. The summed E-state index contributed by atoms with van der Waals surface area (Å²) in [5, 5.41) is 12.2. The quantitative estimate of drug-likeness (QED) is 0.228. The molecule has 0 saturated heterocycles. The zero-order valence-corrected chi connectivity index (χ0v) is 21.9. The number of fused-ring (bicyclic) bond motifs is 20. The third-order valence-corrected chi connectivity index (χ3v) is 7.78. The number of hydrogen-bond donors (Lipinski definition) is 2. The molecule has 5 heterocycles. The topological polar surface area (TPSA) is 124 Å². The molecule has 9 rings (SSSR count). The molecule has 6 aromatic rings. The van der Waals surface area contributed by atoms with Crippen molar-refractivity contribution in [3.05, 3.63) is 97.1 Å². The van der Waals surface area contributed by atoms with Crippen LogP contribution in [0.3, 0.4) is 0 Å². The van der Waals surface area contributed by atoms with Gasteiger partial charge in [0, 0.05) is 33.2 Å². The fourth-order valence-electron chi connectivity index (χ4n) is 5.86. The van der Waals surface area contributed by atoms with E-state index in [-0.39, 0.29) is 0 Å². The van der Waals surface area contributed by atoms with Crippen LogP contribution in [-0.2, 0) is 0 Å². The molecule has 0 amide bonds. The van der Waals surface area contributed by atoms with E-state index in [0.29, 0.717) is 46.2 Å². The highest BCUT2D eigenvalue weighted by molar-refractivity contribution is 6.03. The Hall–Kier alpha value is -6.27. The minimum Gasteiger partial charge on any atom is -0.313 e. The minimum absolute atomic E-state index is 0.501. The Balaban J connectivity index is 1.52. The maximum atomic E-state index is 10.5. The normalized spacial score (nSPS) is 11.8. The molecule has 0 atom stereocenters. The van der Waals surface area contributed by atoms with Gasteiger partial charge in [0.05, 0.1) is 10.9 Å². The zero-order chi connectivity index (χ0) is 27.8. The lowest BCUT2D eigenvalue weighted by Gasteiger charge is -1.99. The van der Waals surface area contributed by atoms with Gasteiger partial charge in [0.25, 0.3) is 5.82 Å². The Morgan fingerprint density at radius 2 is 1.00 bits per heavy atom. The summed E-state index contributed by atoms with van der Waals surface area (Å²) in [6.45, 7) is 0. The van der Waals surface area contributed by atoms with Gasteiger partial charge in [-0.2, -0.15) is 4.98 Å². The van der Waals surface area contributed by atoms with E-state index in [1.165, 1.54) is 4.57 Å². The van der Waals surface area contributed by atoms with Crippen molar-refractivity contribution in [3.63, 3.8) is 0 Å². The van der Waals surface area contributed by atoms with Gasteiger partial charge in [-0.15, -0.1) is 9.55 Å². The van der Waals surface area contributed by atoms with Crippen molar-refractivity contribution in [2.24, 2.45) is 0 Å². The van der Waals surface area contributed by atoms with Gasteiger partial charge in [-0.05, 0) is 29.5 Å². The Morgan fingerprint density at radius 3 is 1.69 bits per heavy atom. The summed E-state index contributed by atoms with van der Waals surface area (Å²) in [4.78, 5) is 31.6. The summed E-state index contributed by atoms with van der Waals surface area (Å²) in [5.74, 6) is 3.36. The Kier molecular flexibility index (Phi) is 4.49. The number of nitriles is 1. The highest BCUT2D eigenvalue weighted by Gasteiger charge is 2.28. The van der Waals surface area contributed by atoms with Gasteiger partial charge in [0.1, 0.15) is 5.82 Å². The Morgan fingerprint density at radius 1 is 0.500 bits per heavy atom. The van der Waals surface area contributed by atoms with E-state index in [4.69, 9.17) is 24.9 Å². The number of H-pyrrole nitrogens is 2. The van der Waals surface area contributed by atoms with E-state index in [2.05, 4.69) is 16.2 Å². The number of aromatic nitrogens is 8. The second kappa shape index (κ2) is 8.36. The standard InChI is InChI=1S/C33H17N9/c34-17-42-32-24-15-7-5-13-22(24)30(40-32)38-28-20-11-3-1-9-18(20)26(36-28)35-27-19-10-2-4-12-21(19)29(37-27)39-31-23-14-6-8-16-25(23)33(42)41-31/h1-16H,(H,36,37,40,41)/p+1. The molecule has 3 aliphatic rings. The largest absolute Gasteiger partial charge is 0.332 e.